The van der Waals surface area contributed by atoms with E-state index in [1.165, 1.54) is 31.4 Å². The van der Waals surface area contributed by atoms with Gasteiger partial charge in [0.05, 0.1) is 5.69 Å². The van der Waals surface area contributed by atoms with E-state index >= 15 is 0 Å². The minimum Gasteiger partial charge on any atom is -0.257 e. The molecule has 2 rings (SSSR count). The third kappa shape index (κ3) is 4.29. The first-order valence-corrected chi connectivity index (χ1v) is 12.0. The quantitative estimate of drug-likeness (QED) is 0.686. The molecule has 1 aliphatic rings. The van der Waals surface area contributed by atoms with E-state index in [-0.39, 0.29) is 0 Å². The maximum absolute atomic E-state index is 4.90. The third-order valence-electron chi connectivity index (χ3n) is 3.05. The van der Waals surface area contributed by atoms with Crippen molar-refractivity contribution in [2.75, 3.05) is 0 Å². The molecule has 1 atom stereocenters. The molecule has 1 aromatic rings. The van der Waals surface area contributed by atoms with Crippen molar-refractivity contribution in [1.29, 1.82) is 0 Å². The molecule has 0 aliphatic heterocycles. The summed E-state index contributed by atoms with van der Waals surface area (Å²) in [6.07, 6.45) is 5.20. The maximum atomic E-state index is 4.90. The second-order valence-electron chi connectivity index (χ2n) is 5.90. The Balaban J connectivity index is 2.15. The Labute approximate surface area is 116 Å². The van der Waals surface area contributed by atoms with Crippen LogP contribution in [0, 0.1) is 0 Å². The first-order chi connectivity index (χ1) is 8.54. The predicted octanol–water partition coefficient (Wildman–Crippen LogP) is 5.27. The number of nitrogens with zero attached hydrogens (tertiary/aromatic N) is 1. The monoisotopic (exact) mass is 277 g/mol. The molecule has 0 N–H and O–H groups in total. The van der Waals surface area contributed by atoms with Crippen LogP contribution in [-0.4, -0.2) is 18.2 Å². The molecule has 3 heteroatoms. The number of para-hydroxylation sites is 1. The van der Waals surface area contributed by atoms with Crippen molar-refractivity contribution < 1.29 is 0 Å². The second-order valence-corrected chi connectivity index (χ2v) is 15.3. The Morgan fingerprint density at radius 1 is 1.11 bits per heavy atom. The van der Waals surface area contributed by atoms with Crippen molar-refractivity contribution >= 4 is 29.8 Å². The maximum Gasteiger partial charge on any atom is 0.109 e. The average Bonchev–Trinajstić information content (AvgIpc) is 2.31. The van der Waals surface area contributed by atoms with Crippen molar-refractivity contribution in [2.24, 2.45) is 4.99 Å². The van der Waals surface area contributed by atoms with Crippen molar-refractivity contribution in [3.05, 3.63) is 30.3 Å². The molecule has 1 fully saturated rings. The summed E-state index contributed by atoms with van der Waals surface area (Å²) in [4.78, 5) is 4.90. The third-order valence-corrected chi connectivity index (χ3v) is 7.52. The highest BCUT2D eigenvalue weighted by Gasteiger charge is 2.27. The van der Waals surface area contributed by atoms with Gasteiger partial charge < -0.3 is 0 Å². The lowest BCUT2D eigenvalue weighted by atomic mass is 9.98. The van der Waals surface area contributed by atoms with Gasteiger partial charge in [0.25, 0.3) is 0 Å². The minimum absolute atomic E-state index is 0.672. The molecule has 0 radical (unpaired) electrons. The van der Waals surface area contributed by atoms with E-state index < -0.39 is 7.22 Å². The Kier molecular flexibility index (Phi) is 4.68. The summed E-state index contributed by atoms with van der Waals surface area (Å²) >= 11 is 2.21. The largest absolute Gasteiger partial charge is 0.257 e. The molecule has 1 saturated carbocycles. The minimum atomic E-state index is -1.07. The van der Waals surface area contributed by atoms with Gasteiger partial charge >= 0.3 is 0 Å². The molecular weight excluding hydrogens is 254 g/mol. The van der Waals surface area contributed by atoms with Crippen LogP contribution in [-0.2, 0) is 0 Å². The topological polar surface area (TPSA) is 12.4 Å². The highest BCUT2D eigenvalue weighted by molar-refractivity contribution is 8.29. The zero-order valence-corrected chi connectivity index (χ0v) is 13.5. The molecule has 0 saturated heterocycles. The SMILES string of the molecule is C[Si](C)(C)SC1CCCCC1=Nc1ccccc1. The van der Waals surface area contributed by atoms with Crippen LogP contribution < -0.4 is 0 Å². The van der Waals surface area contributed by atoms with E-state index in [0.717, 1.165) is 5.69 Å². The van der Waals surface area contributed by atoms with Crippen LogP contribution in [0.15, 0.2) is 35.3 Å². The Bertz CT molecular complexity index is 408. The first-order valence-electron chi connectivity index (χ1n) is 6.85. The average molecular weight is 278 g/mol. The number of rotatable bonds is 3. The summed E-state index contributed by atoms with van der Waals surface area (Å²) in [6, 6.07) is 10.4. The van der Waals surface area contributed by atoms with Gasteiger partial charge in [0.15, 0.2) is 0 Å². The van der Waals surface area contributed by atoms with Crippen molar-refractivity contribution in [2.45, 2.75) is 50.6 Å². The van der Waals surface area contributed by atoms with Crippen LogP contribution in [0.25, 0.3) is 0 Å². The molecular formula is C15H23NSSi. The van der Waals surface area contributed by atoms with E-state index in [2.05, 4.69) is 61.2 Å². The molecule has 98 valence electrons. The highest BCUT2D eigenvalue weighted by Crippen LogP contribution is 2.34. The lowest BCUT2D eigenvalue weighted by molar-refractivity contribution is 0.676. The van der Waals surface area contributed by atoms with Crippen molar-refractivity contribution in [1.82, 2.24) is 0 Å². The lowest BCUT2D eigenvalue weighted by Crippen LogP contribution is -2.29. The van der Waals surface area contributed by atoms with Gasteiger partial charge in [-0.1, -0.05) is 44.3 Å². The van der Waals surface area contributed by atoms with E-state index in [9.17, 15) is 0 Å². The lowest BCUT2D eigenvalue weighted by Gasteiger charge is -2.29. The summed E-state index contributed by atoms with van der Waals surface area (Å²) in [5, 5.41) is 0.672. The van der Waals surface area contributed by atoms with Crippen LogP contribution in [0.3, 0.4) is 0 Å². The van der Waals surface area contributed by atoms with Gasteiger partial charge in [-0.2, -0.15) is 11.2 Å². The molecule has 1 nitrogen and oxygen atoms in total. The molecule has 18 heavy (non-hydrogen) atoms. The van der Waals surface area contributed by atoms with Crippen LogP contribution in [0.5, 0.6) is 0 Å². The summed E-state index contributed by atoms with van der Waals surface area (Å²) in [6.45, 7) is 7.31. The molecule has 0 spiro atoms. The fourth-order valence-electron chi connectivity index (χ4n) is 2.31. The Hall–Kier alpha value is -0.543. The zero-order chi connectivity index (χ0) is 13.0. The van der Waals surface area contributed by atoms with Gasteiger partial charge in [-0.3, -0.25) is 4.99 Å². The van der Waals surface area contributed by atoms with E-state index in [0.29, 0.717) is 5.25 Å². The molecule has 1 aliphatic carbocycles. The van der Waals surface area contributed by atoms with Crippen LogP contribution in [0.4, 0.5) is 5.69 Å². The van der Waals surface area contributed by atoms with Crippen LogP contribution in [0.2, 0.25) is 19.6 Å². The van der Waals surface area contributed by atoms with E-state index in [1.807, 2.05) is 0 Å². The van der Waals surface area contributed by atoms with E-state index in [1.54, 1.807) is 0 Å². The smallest absolute Gasteiger partial charge is 0.109 e. The fraction of sp³-hybridized carbons (Fsp3) is 0.533. The summed E-state index contributed by atoms with van der Waals surface area (Å²) in [7, 11) is -1.07. The summed E-state index contributed by atoms with van der Waals surface area (Å²) < 4.78 is 0. The van der Waals surface area contributed by atoms with Gasteiger partial charge in [0.1, 0.15) is 7.22 Å². The highest BCUT2D eigenvalue weighted by atomic mass is 32.4. The van der Waals surface area contributed by atoms with Crippen molar-refractivity contribution in [3.63, 3.8) is 0 Å². The second kappa shape index (κ2) is 6.07. The van der Waals surface area contributed by atoms with Gasteiger partial charge in [-0.25, -0.2) is 0 Å². The molecule has 0 aromatic heterocycles. The summed E-state index contributed by atoms with van der Waals surface area (Å²) in [5.74, 6) is 0. The molecule has 0 bridgehead atoms. The number of hydrogen-bond donors (Lipinski definition) is 0. The number of aliphatic imine (C=N–C) groups is 1. The molecule has 0 amide bonds. The predicted molar refractivity (Wildman–Crippen MR) is 86.7 cm³/mol. The normalized spacial score (nSPS) is 23.3. The van der Waals surface area contributed by atoms with Crippen LogP contribution >= 0.6 is 11.2 Å². The Morgan fingerprint density at radius 2 is 1.83 bits per heavy atom. The van der Waals surface area contributed by atoms with Gasteiger partial charge in [-0.05, 0) is 31.4 Å². The van der Waals surface area contributed by atoms with Gasteiger partial charge in [0.2, 0.25) is 0 Å². The fourth-order valence-corrected chi connectivity index (χ4v) is 7.08. The summed E-state index contributed by atoms with van der Waals surface area (Å²) in [5.41, 5.74) is 2.55. The Morgan fingerprint density at radius 3 is 2.50 bits per heavy atom. The standard InChI is InChI=1S/C15H23NSSi/c1-18(2,3)17-15-12-8-7-11-14(15)16-13-9-5-4-6-10-13/h4-6,9-10,15H,7-8,11-12H2,1-3H3. The molecule has 1 aromatic carbocycles. The van der Waals surface area contributed by atoms with E-state index in [4.69, 9.17) is 4.99 Å². The first kappa shape index (κ1) is 13.9. The molecule has 0 heterocycles. The van der Waals surface area contributed by atoms with Gasteiger partial charge in [0, 0.05) is 11.0 Å². The zero-order valence-electron chi connectivity index (χ0n) is 11.6. The number of hydrogen-bond acceptors (Lipinski definition) is 2. The van der Waals surface area contributed by atoms with Gasteiger partial charge in [-0.15, -0.1) is 0 Å². The molecule has 1 unspecified atom stereocenters. The number of benzene rings is 1. The van der Waals surface area contributed by atoms with Crippen LogP contribution in [0.1, 0.15) is 25.7 Å². The van der Waals surface area contributed by atoms with Crippen molar-refractivity contribution in [3.8, 4) is 0 Å².